The highest BCUT2D eigenvalue weighted by Crippen LogP contribution is 2.35. The molecule has 0 spiro atoms. The number of nitrogens with one attached hydrogen (secondary N) is 2. The quantitative estimate of drug-likeness (QED) is 0.706. The van der Waals surface area contributed by atoms with Crippen LogP contribution in [-0.4, -0.2) is 70.5 Å². The molecule has 0 bridgehead atoms. The monoisotopic (exact) mass is 318 g/mol. The number of nitrogens with zero attached hydrogens (tertiary/aromatic N) is 2. The molecule has 2 fully saturated rings. The van der Waals surface area contributed by atoms with Crippen molar-refractivity contribution in [3.8, 4) is 0 Å². The number of rotatable bonds is 7. The number of piperidine rings is 1. The highest BCUT2D eigenvalue weighted by Gasteiger charge is 2.40. The topological polar surface area (TPSA) is 64.7 Å². The molecule has 1 heterocycles. The van der Waals surface area contributed by atoms with Gasteiger partial charge in [-0.25, -0.2) is 4.72 Å². The lowest BCUT2D eigenvalue weighted by atomic mass is 9.76. The van der Waals surface area contributed by atoms with Gasteiger partial charge in [-0.2, -0.15) is 12.7 Å². The molecule has 0 amide bonds. The predicted octanol–water partition coefficient (Wildman–Crippen LogP) is 0.237. The maximum absolute atomic E-state index is 12.4. The Balaban J connectivity index is 1.85. The SMILES string of the molecule is CNCC1CCN(S(=O)(=O)NCC2(N(C)C)CCC2)CC1. The Morgan fingerprint density at radius 3 is 2.29 bits per heavy atom. The first kappa shape index (κ1) is 17.1. The fraction of sp³-hybridized carbons (Fsp3) is 1.00. The predicted molar refractivity (Wildman–Crippen MR) is 85.4 cm³/mol. The van der Waals surface area contributed by atoms with E-state index in [0.717, 1.165) is 32.2 Å². The summed E-state index contributed by atoms with van der Waals surface area (Å²) in [7, 11) is 2.70. The third-order valence-electron chi connectivity index (χ3n) is 5.22. The molecule has 2 aliphatic rings. The first-order chi connectivity index (χ1) is 9.89. The molecule has 2 N–H and O–H groups in total. The normalized spacial score (nSPS) is 24.2. The van der Waals surface area contributed by atoms with Crippen LogP contribution in [0.4, 0.5) is 0 Å². The Labute approximate surface area is 129 Å². The van der Waals surface area contributed by atoms with Crippen LogP contribution in [0.2, 0.25) is 0 Å². The second kappa shape index (κ2) is 6.91. The lowest BCUT2D eigenvalue weighted by Gasteiger charge is -2.47. The van der Waals surface area contributed by atoms with E-state index < -0.39 is 10.2 Å². The summed E-state index contributed by atoms with van der Waals surface area (Å²) >= 11 is 0. The minimum Gasteiger partial charge on any atom is -0.319 e. The number of hydrogen-bond donors (Lipinski definition) is 2. The van der Waals surface area contributed by atoms with Crippen molar-refractivity contribution in [1.82, 2.24) is 19.2 Å². The van der Waals surface area contributed by atoms with Crippen LogP contribution in [0, 0.1) is 5.92 Å². The minimum absolute atomic E-state index is 0.0253. The Bertz CT molecular complexity index is 426. The van der Waals surface area contributed by atoms with Gasteiger partial charge in [-0.3, -0.25) is 0 Å². The Hall–Kier alpha value is -0.210. The molecule has 124 valence electrons. The van der Waals surface area contributed by atoms with Crippen molar-refractivity contribution in [2.45, 2.75) is 37.6 Å². The zero-order chi connectivity index (χ0) is 15.5. The molecule has 6 nitrogen and oxygen atoms in total. The van der Waals surface area contributed by atoms with Crippen molar-refractivity contribution >= 4 is 10.2 Å². The average molecular weight is 318 g/mol. The van der Waals surface area contributed by atoms with Gasteiger partial charge in [0.25, 0.3) is 10.2 Å². The van der Waals surface area contributed by atoms with Gasteiger partial charge in [-0.1, -0.05) is 0 Å². The van der Waals surface area contributed by atoms with E-state index in [1.807, 2.05) is 21.1 Å². The third-order valence-corrected chi connectivity index (χ3v) is 6.78. The van der Waals surface area contributed by atoms with E-state index in [9.17, 15) is 8.42 Å². The smallest absolute Gasteiger partial charge is 0.279 e. The van der Waals surface area contributed by atoms with E-state index in [4.69, 9.17) is 0 Å². The first-order valence-corrected chi connectivity index (χ1v) is 9.40. The summed E-state index contributed by atoms with van der Waals surface area (Å²) in [6.07, 6.45) is 5.23. The molecule has 1 saturated heterocycles. The second-order valence-corrected chi connectivity index (χ2v) is 8.45. The van der Waals surface area contributed by atoms with Crippen LogP contribution in [0.25, 0.3) is 0 Å². The van der Waals surface area contributed by atoms with Crippen molar-refractivity contribution in [1.29, 1.82) is 0 Å². The van der Waals surface area contributed by atoms with E-state index in [0.29, 0.717) is 25.6 Å². The Morgan fingerprint density at radius 2 is 1.86 bits per heavy atom. The van der Waals surface area contributed by atoms with Crippen LogP contribution >= 0.6 is 0 Å². The molecular formula is C14H30N4O2S. The Kier molecular flexibility index (Phi) is 5.65. The van der Waals surface area contributed by atoms with Crippen LogP contribution in [0.15, 0.2) is 0 Å². The third kappa shape index (κ3) is 3.96. The fourth-order valence-electron chi connectivity index (χ4n) is 3.33. The average Bonchev–Trinajstić information content (AvgIpc) is 2.38. The molecular weight excluding hydrogens is 288 g/mol. The van der Waals surface area contributed by atoms with Gasteiger partial charge in [0.05, 0.1) is 0 Å². The van der Waals surface area contributed by atoms with E-state index >= 15 is 0 Å². The largest absolute Gasteiger partial charge is 0.319 e. The first-order valence-electron chi connectivity index (χ1n) is 7.96. The van der Waals surface area contributed by atoms with Gasteiger partial charge in [0.15, 0.2) is 0 Å². The maximum Gasteiger partial charge on any atom is 0.279 e. The second-order valence-electron chi connectivity index (χ2n) is 6.70. The molecule has 1 saturated carbocycles. The van der Waals surface area contributed by atoms with E-state index in [-0.39, 0.29) is 5.54 Å². The molecule has 7 heteroatoms. The van der Waals surface area contributed by atoms with Crippen LogP contribution in [0.1, 0.15) is 32.1 Å². The lowest BCUT2D eigenvalue weighted by molar-refractivity contribution is 0.0651. The summed E-state index contributed by atoms with van der Waals surface area (Å²) in [5, 5.41) is 3.17. The maximum atomic E-state index is 12.4. The zero-order valence-corrected chi connectivity index (χ0v) is 14.4. The molecule has 2 rings (SSSR count). The van der Waals surface area contributed by atoms with Gasteiger partial charge >= 0.3 is 0 Å². The highest BCUT2D eigenvalue weighted by atomic mass is 32.2. The number of likely N-dealkylation sites (N-methyl/N-ethyl adjacent to an activating group) is 1. The van der Waals surface area contributed by atoms with Crippen molar-refractivity contribution in [3.05, 3.63) is 0 Å². The molecule has 0 aromatic heterocycles. The minimum atomic E-state index is -3.33. The van der Waals surface area contributed by atoms with Crippen molar-refractivity contribution in [2.24, 2.45) is 5.92 Å². The number of hydrogen-bond acceptors (Lipinski definition) is 4. The summed E-state index contributed by atoms with van der Waals surface area (Å²) in [6, 6.07) is 0. The van der Waals surface area contributed by atoms with Crippen molar-refractivity contribution in [3.63, 3.8) is 0 Å². The van der Waals surface area contributed by atoms with Gasteiger partial charge in [-0.15, -0.1) is 0 Å². The van der Waals surface area contributed by atoms with E-state index in [1.54, 1.807) is 4.31 Å². The van der Waals surface area contributed by atoms with Gasteiger partial charge in [0, 0.05) is 25.2 Å². The van der Waals surface area contributed by atoms with E-state index in [1.165, 1.54) is 6.42 Å². The molecule has 21 heavy (non-hydrogen) atoms. The van der Waals surface area contributed by atoms with Crippen LogP contribution in [-0.2, 0) is 10.2 Å². The lowest BCUT2D eigenvalue weighted by Crippen LogP contribution is -2.59. The molecule has 1 aliphatic heterocycles. The zero-order valence-electron chi connectivity index (χ0n) is 13.6. The summed E-state index contributed by atoms with van der Waals surface area (Å²) in [5.41, 5.74) is 0.0253. The fourth-order valence-corrected chi connectivity index (χ4v) is 4.65. The van der Waals surface area contributed by atoms with Crippen LogP contribution in [0.5, 0.6) is 0 Å². The summed E-state index contributed by atoms with van der Waals surface area (Å²) in [6.45, 7) is 2.77. The van der Waals surface area contributed by atoms with Gasteiger partial charge in [0.1, 0.15) is 0 Å². The van der Waals surface area contributed by atoms with Crippen molar-refractivity contribution in [2.75, 3.05) is 47.3 Å². The molecule has 0 aromatic rings. The van der Waals surface area contributed by atoms with Crippen LogP contribution in [0.3, 0.4) is 0 Å². The van der Waals surface area contributed by atoms with Crippen LogP contribution < -0.4 is 10.0 Å². The molecule has 0 aromatic carbocycles. The van der Waals surface area contributed by atoms with E-state index in [2.05, 4.69) is 14.9 Å². The van der Waals surface area contributed by atoms with Gasteiger partial charge in [-0.05, 0) is 65.7 Å². The standard InChI is InChI=1S/C14H30N4O2S/c1-15-11-13-5-9-18(10-6-13)21(19,20)16-12-14(17(2)3)7-4-8-14/h13,15-16H,4-12H2,1-3H3. The highest BCUT2D eigenvalue weighted by molar-refractivity contribution is 7.87. The van der Waals surface area contributed by atoms with Gasteiger partial charge in [0.2, 0.25) is 0 Å². The molecule has 0 unspecified atom stereocenters. The van der Waals surface area contributed by atoms with Gasteiger partial charge < -0.3 is 10.2 Å². The molecule has 1 aliphatic carbocycles. The molecule has 0 atom stereocenters. The summed E-state index contributed by atoms with van der Waals surface area (Å²) in [5.74, 6) is 0.598. The summed E-state index contributed by atoms with van der Waals surface area (Å²) in [4.78, 5) is 2.16. The van der Waals surface area contributed by atoms with Crippen molar-refractivity contribution < 1.29 is 8.42 Å². The Morgan fingerprint density at radius 1 is 1.24 bits per heavy atom. The summed E-state index contributed by atoms with van der Waals surface area (Å²) < 4.78 is 29.3. The molecule has 0 radical (unpaired) electrons.